The second kappa shape index (κ2) is 8.89. The SMILES string of the molecule is O=C(O)c1ccc(CNC(=O)N2CCC(CO)(Cc3ccccc3)CC2)cc1. The summed E-state index contributed by atoms with van der Waals surface area (Å²) in [5.41, 5.74) is 2.11. The zero-order valence-electron chi connectivity index (χ0n) is 15.8. The van der Waals surface area contributed by atoms with Crippen LogP contribution in [0.3, 0.4) is 0 Å². The summed E-state index contributed by atoms with van der Waals surface area (Å²) in [7, 11) is 0. The Morgan fingerprint density at radius 3 is 2.18 bits per heavy atom. The summed E-state index contributed by atoms with van der Waals surface area (Å²) in [4.78, 5) is 25.1. The van der Waals surface area contributed by atoms with E-state index in [1.807, 2.05) is 18.2 Å². The number of urea groups is 1. The van der Waals surface area contributed by atoms with E-state index in [0.29, 0.717) is 19.6 Å². The first-order valence-electron chi connectivity index (χ1n) is 9.51. The van der Waals surface area contributed by atoms with Crippen LogP contribution in [0.4, 0.5) is 4.79 Å². The average Bonchev–Trinajstić information content (AvgIpc) is 2.73. The number of carboxylic acid groups (broad SMARTS) is 1. The summed E-state index contributed by atoms with van der Waals surface area (Å²) in [6.45, 7) is 1.69. The largest absolute Gasteiger partial charge is 0.478 e. The van der Waals surface area contributed by atoms with Crippen molar-refractivity contribution in [3.63, 3.8) is 0 Å². The number of aliphatic hydroxyl groups excluding tert-OH is 1. The van der Waals surface area contributed by atoms with Crippen LogP contribution in [0.5, 0.6) is 0 Å². The lowest BCUT2D eigenvalue weighted by Crippen LogP contribution is -2.48. The molecule has 1 fully saturated rings. The average molecular weight is 382 g/mol. The van der Waals surface area contributed by atoms with Crippen molar-refractivity contribution in [2.45, 2.75) is 25.8 Å². The number of nitrogens with zero attached hydrogens (tertiary/aromatic N) is 1. The fourth-order valence-electron chi connectivity index (χ4n) is 3.66. The second-order valence-corrected chi connectivity index (χ2v) is 7.47. The summed E-state index contributed by atoms with van der Waals surface area (Å²) < 4.78 is 0. The molecule has 2 aromatic carbocycles. The van der Waals surface area contributed by atoms with Crippen LogP contribution in [0, 0.1) is 5.41 Å². The number of carbonyl (C=O) groups excluding carboxylic acids is 1. The van der Waals surface area contributed by atoms with Crippen LogP contribution in [-0.2, 0) is 13.0 Å². The van der Waals surface area contributed by atoms with Crippen LogP contribution < -0.4 is 5.32 Å². The molecule has 0 unspecified atom stereocenters. The van der Waals surface area contributed by atoms with Gasteiger partial charge >= 0.3 is 12.0 Å². The first kappa shape index (κ1) is 19.9. The van der Waals surface area contributed by atoms with Gasteiger partial charge in [0.15, 0.2) is 0 Å². The fraction of sp³-hybridized carbons (Fsp3) is 0.364. The lowest BCUT2D eigenvalue weighted by Gasteiger charge is -2.41. The van der Waals surface area contributed by atoms with E-state index in [1.54, 1.807) is 17.0 Å². The lowest BCUT2D eigenvalue weighted by atomic mass is 9.74. The molecular weight excluding hydrogens is 356 g/mol. The highest BCUT2D eigenvalue weighted by atomic mass is 16.4. The van der Waals surface area contributed by atoms with Gasteiger partial charge < -0.3 is 20.4 Å². The van der Waals surface area contributed by atoms with Crippen molar-refractivity contribution in [3.8, 4) is 0 Å². The molecule has 1 heterocycles. The number of piperidine rings is 1. The van der Waals surface area contributed by atoms with Crippen molar-refractivity contribution in [3.05, 3.63) is 71.3 Å². The number of carboxylic acids is 1. The molecule has 28 heavy (non-hydrogen) atoms. The summed E-state index contributed by atoms with van der Waals surface area (Å²) in [5, 5.41) is 21.8. The van der Waals surface area contributed by atoms with E-state index in [0.717, 1.165) is 24.8 Å². The molecule has 0 saturated carbocycles. The van der Waals surface area contributed by atoms with E-state index in [1.165, 1.54) is 17.7 Å². The van der Waals surface area contributed by atoms with E-state index in [2.05, 4.69) is 17.4 Å². The highest BCUT2D eigenvalue weighted by Gasteiger charge is 2.35. The predicted octanol–water partition coefficient (Wildman–Crippen LogP) is 2.91. The van der Waals surface area contributed by atoms with Crippen molar-refractivity contribution < 1.29 is 19.8 Å². The van der Waals surface area contributed by atoms with Crippen molar-refractivity contribution in [2.24, 2.45) is 5.41 Å². The minimum atomic E-state index is -0.966. The van der Waals surface area contributed by atoms with Crippen LogP contribution in [0.25, 0.3) is 0 Å². The predicted molar refractivity (Wildman–Crippen MR) is 106 cm³/mol. The Balaban J connectivity index is 1.50. The highest BCUT2D eigenvalue weighted by Crippen LogP contribution is 2.34. The number of carbonyl (C=O) groups is 2. The summed E-state index contributed by atoms with van der Waals surface area (Å²) in [6.07, 6.45) is 2.34. The molecule has 0 atom stereocenters. The fourth-order valence-corrected chi connectivity index (χ4v) is 3.66. The second-order valence-electron chi connectivity index (χ2n) is 7.47. The molecule has 0 spiro atoms. The third-order valence-corrected chi connectivity index (χ3v) is 5.51. The van der Waals surface area contributed by atoms with E-state index < -0.39 is 5.97 Å². The minimum absolute atomic E-state index is 0.118. The number of nitrogens with one attached hydrogen (secondary N) is 1. The first-order valence-corrected chi connectivity index (χ1v) is 9.51. The quantitative estimate of drug-likeness (QED) is 0.717. The normalized spacial score (nSPS) is 15.8. The van der Waals surface area contributed by atoms with Crippen molar-refractivity contribution in [1.29, 1.82) is 0 Å². The van der Waals surface area contributed by atoms with Crippen LogP contribution in [-0.4, -0.2) is 46.8 Å². The lowest BCUT2D eigenvalue weighted by molar-refractivity contribution is 0.0552. The molecule has 2 amide bonds. The molecule has 6 nitrogen and oxygen atoms in total. The van der Waals surface area contributed by atoms with E-state index in [9.17, 15) is 14.7 Å². The number of likely N-dealkylation sites (tertiary alicyclic amines) is 1. The molecule has 1 aliphatic heterocycles. The molecule has 1 aliphatic rings. The zero-order valence-corrected chi connectivity index (χ0v) is 15.8. The van der Waals surface area contributed by atoms with Gasteiger partial charge in [0.05, 0.1) is 5.56 Å². The monoisotopic (exact) mass is 382 g/mol. The molecule has 1 saturated heterocycles. The van der Waals surface area contributed by atoms with E-state index in [-0.39, 0.29) is 23.6 Å². The Kier molecular flexibility index (Phi) is 6.31. The molecule has 0 bridgehead atoms. The van der Waals surface area contributed by atoms with Gasteiger partial charge in [-0.3, -0.25) is 0 Å². The maximum atomic E-state index is 12.5. The molecule has 0 aromatic heterocycles. The highest BCUT2D eigenvalue weighted by molar-refractivity contribution is 5.87. The van der Waals surface area contributed by atoms with Gasteiger partial charge in [-0.05, 0) is 42.5 Å². The van der Waals surface area contributed by atoms with Gasteiger partial charge in [-0.2, -0.15) is 0 Å². The number of aliphatic hydroxyl groups is 1. The van der Waals surface area contributed by atoms with Crippen LogP contribution in [0.15, 0.2) is 54.6 Å². The van der Waals surface area contributed by atoms with Gasteiger partial charge in [-0.25, -0.2) is 9.59 Å². The topological polar surface area (TPSA) is 89.9 Å². The molecule has 148 valence electrons. The van der Waals surface area contributed by atoms with Gasteiger partial charge in [0.25, 0.3) is 0 Å². The van der Waals surface area contributed by atoms with Crippen molar-refractivity contribution >= 4 is 12.0 Å². The number of aromatic carboxylic acids is 1. The number of rotatable bonds is 6. The Labute approximate surface area is 164 Å². The number of amides is 2. The number of hydrogen-bond acceptors (Lipinski definition) is 3. The van der Waals surface area contributed by atoms with Gasteiger partial charge in [0.2, 0.25) is 0 Å². The molecule has 3 rings (SSSR count). The number of hydrogen-bond donors (Lipinski definition) is 3. The van der Waals surface area contributed by atoms with Crippen molar-refractivity contribution in [1.82, 2.24) is 10.2 Å². The Bertz CT molecular complexity index is 797. The third-order valence-electron chi connectivity index (χ3n) is 5.51. The van der Waals surface area contributed by atoms with Gasteiger partial charge in [-0.15, -0.1) is 0 Å². The zero-order chi connectivity index (χ0) is 20.0. The smallest absolute Gasteiger partial charge is 0.335 e. The first-order chi connectivity index (χ1) is 13.5. The van der Waals surface area contributed by atoms with Gasteiger partial charge in [0, 0.05) is 31.7 Å². The maximum absolute atomic E-state index is 12.5. The van der Waals surface area contributed by atoms with E-state index in [4.69, 9.17) is 5.11 Å². The Morgan fingerprint density at radius 2 is 1.61 bits per heavy atom. The summed E-state index contributed by atoms with van der Waals surface area (Å²) in [6, 6.07) is 16.5. The molecule has 3 N–H and O–H groups in total. The van der Waals surface area contributed by atoms with Gasteiger partial charge in [0.1, 0.15) is 0 Å². The van der Waals surface area contributed by atoms with Crippen LogP contribution in [0.2, 0.25) is 0 Å². The standard InChI is InChI=1S/C22H26N2O4/c25-16-22(14-17-4-2-1-3-5-17)10-12-24(13-11-22)21(28)23-15-18-6-8-19(9-7-18)20(26)27/h1-9,25H,10-16H2,(H,23,28)(H,26,27). The van der Waals surface area contributed by atoms with Gasteiger partial charge in [-0.1, -0.05) is 42.5 Å². The molecule has 2 aromatic rings. The maximum Gasteiger partial charge on any atom is 0.335 e. The van der Waals surface area contributed by atoms with E-state index >= 15 is 0 Å². The van der Waals surface area contributed by atoms with Crippen molar-refractivity contribution in [2.75, 3.05) is 19.7 Å². The minimum Gasteiger partial charge on any atom is -0.478 e. The third kappa shape index (κ3) is 4.89. The summed E-state index contributed by atoms with van der Waals surface area (Å²) in [5.74, 6) is -0.966. The molecule has 0 radical (unpaired) electrons. The molecular formula is C22H26N2O4. The Hall–Kier alpha value is -2.86. The summed E-state index contributed by atoms with van der Waals surface area (Å²) >= 11 is 0. The van der Waals surface area contributed by atoms with Crippen LogP contribution in [0.1, 0.15) is 34.3 Å². The molecule has 0 aliphatic carbocycles. The Morgan fingerprint density at radius 1 is 0.964 bits per heavy atom. The molecule has 6 heteroatoms. The van der Waals surface area contributed by atoms with Crippen LogP contribution >= 0.6 is 0 Å². The number of benzene rings is 2.